The minimum Gasteiger partial charge on any atom is -0.550 e. The number of rotatable bonds is 6. The summed E-state index contributed by atoms with van der Waals surface area (Å²) in [6.45, 7) is 3.56. The molecule has 0 aliphatic carbocycles. The van der Waals surface area contributed by atoms with Crippen molar-refractivity contribution in [3.8, 4) is 0 Å². The van der Waals surface area contributed by atoms with Gasteiger partial charge in [-0.25, -0.2) is 0 Å². The monoisotopic (exact) mass is 228 g/mol. The first-order valence-corrected chi connectivity index (χ1v) is 5.82. The van der Waals surface area contributed by atoms with Gasteiger partial charge in [0.1, 0.15) is 0 Å². The van der Waals surface area contributed by atoms with Gasteiger partial charge in [-0.2, -0.15) is 0 Å². The molecule has 1 atom stereocenters. The third-order valence-electron chi connectivity index (χ3n) is 2.18. The van der Waals surface area contributed by atoms with Gasteiger partial charge in [0.2, 0.25) is 0 Å². The maximum atomic E-state index is 10.9. The van der Waals surface area contributed by atoms with Crippen molar-refractivity contribution < 1.29 is 48.3 Å². The second kappa shape index (κ2) is 7.84. The Morgan fingerprint density at radius 2 is 1.86 bits per heavy atom. The Labute approximate surface area is 109 Å². The van der Waals surface area contributed by atoms with E-state index in [1.807, 2.05) is 6.92 Å². The van der Waals surface area contributed by atoms with Crippen LogP contribution in [0.1, 0.15) is 26.7 Å². The van der Waals surface area contributed by atoms with Gasteiger partial charge in [0.05, 0.1) is 0 Å². The van der Waals surface area contributed by atoms with Gasteiger partial charge >= 0.3 is 38.8 Å². The zero-order valence-corrected chi connectivity index (χ0v) is 12.8. The van der Waals surface area contributed by atoms with Crippen LogP contribution in [0, 0.1) is 0 Å². The average Bonchev–Trinajstić information content (AvgIpc) is 2.06. The van der Waals surface area contributed by atoms with E-state index in [0.717, 1.165) is 6.42 Å². The smallest absolute Gasteiger partial charge is 0.550 e. The summed E-state index contributed by atoms with van der Waals surface area (Å²) in [5.74, 6) is -1.07. The van der Waals surface area contributed by atoms with E-state index < -0.39 is 20.3 Å². The predicted octanol–water partition coefficient (Wildman–Crippen LogP) is -3.19. The van der Waals surface area contributed by atoms with Crippen molar-refractivity contribution in [3.63, 3.8) is 0 Å². The zero-order chi connectivity index (χ0) is 10.5. The molecule has 0 aliphatic heterocycles. The Hall–Kier alpha value is 0.607. The fourth-order valence-electron chi connectivity index (χ4n) is 1.45. The fraction of sp³-hybridized carbons (Fsp3) is 0.875. The number of hydrogen-bond donors (Lipinski definition) is 0. The topological polar surface area (TPSA) is 58.6 Å². The molecule has 0 aliphatic rings. The van der Waals surface area contributed by atoms with Gasteiger partial charge in [-0.15, -0.1) is 0 Å². The SMILES string of the molecule is CCCC(C)(C(=O)[O-])[SiH](OC)OC.[Na+]. The summed E-state index contributed by atoms with van der Waals surface area (Å²) in [6, 6.07) is 0. The summed E-state index contributed by atoms with van der Waals surface area (Å²) in [7, 11) is 0.807. The summed E-state index contributed by atoms with van der Waals surface area (Å²) in [6.07, 6.45) is 1.31. The molecule has 0 saturated carbocycles. The molecule has 1 unspecified atom stereocenters. The van der Waals surface area contributed by atoms with Crippen LogP contribution in [0.5, 0.6) is 0 Å². The number of carbonyl (C=O) groups is 1. The standard InChI is InChI=1S/C8H18O4Si.Na/c1-5-6-8(2,7(9)10)13(11-3)12-4;/h13H,5-6H2,1-4H3,(H,9,10);/q;+1/p-1. The second-order valence-electron chi connectivity index (χ2n) is 3.26. The molecule has 0 fully saturated rings. The van der Waals surface area contributed by atoms with Crippen LogP contribution in [-0.4, -0.2) is 29.5 Å². The van der Waals surface area contributed by atoms with E-state index in [0.29, 0.717) is 6.42 Å². The van der Waals surface area contributed by atoms with Crippen molar-refractivity contribution in [1.82, 2.24) is 0 Å². The quantitative estimate of drug-likeness (QED) is 0.450. The molecule has 0 aromatic heterocycles. The van der Waals surface area contributed by atoms with Crippen LogP contribution in [-0.2, 0) is 13.6 Å². The van der Waals surface area contributed by atoms with E-state index in [1.165, 1.54) is 14.2 Å². The fourth-order valence-corrected chi connectivity index (χ4v) is 3.40. The van der Waals surface area contributed by atoms with E-state index >= 15 is 0 Å². The molecular formula is C8H17NaO4Si. The molecule has 0 aromatic carbocycles. The van der Waals surface area contributed by atoms with Crippen molar-refractivity contribution in [2.75, 3.05) is 14.2 Å². The average molecular weight is 228 g/mol. The predicted molar refractivity (Wildman–Crippen MR) is 49.4 cm³/mol. The maximum absolute atomic E-state index is 10.9. The van der Waals surface area contributed by atoms with Crippen molar-refractivity contribution in [1.29, 1.82) is 0 Å². The summed E-state index contributed by atoms with van der Waals surface area (Å²) in [4.78, 5) is 10.9. The Bertz CT molecular complexity index is 175. The molecule has 0 bridgehead atoms. The third-order valence-corrected chi connectivity index (χ3v) is 4.61. The van der Waals surface area contributed by atoms with Gasteiger partial charge in [-0.05, 0) is 6.42 Å². The van der Waals surface area contributed by atoms with Crippen LogP contribution in [0.2, 0.25) is 5.04 Å². The molecule has 0 rings (SSSR count). The van der Waals surface area contributed by atoms with Gasteiger partial charge in [-0.1, -0.05) is 20.3 Å². The molecule has 0 N–H and O–H groups in total. The second-order valence-corrected chi connectivity index (χ2v) is 6.14. The van der Waals surface area contributed by atoms with E-state index in [2.05, 4.69) is 0 Å². The number of carboxylic acid groups (broad SMARTS) is 1. The minimum absolute atomic E-state index is 0. The maximum Gasteiger partial charge on any atom is 1.00 e. The molecule has 0 aromatic rings. The summed E-state index contributed by atoms with van der Waals surface area (Å²) >= 11 is 0. The number of carbonyl (C=O) groups excluding carboxylic acids is 1. The van der Waals surface area contributed by atoms with Crippen LogP contribution in [0.3, 0.4) is 0 Å². The molecule has 0 saturated heterocycles. The summed E-state index contributed by atoms with van der Waals surface area (Å²) in [5, 5.41) is 10.0. The molecule has 0 amide bonds. The normalized spacial score (nSPS) is 14.6. The van der Waals surface area contributed by atoms with Crippen LogP contribution >= 0.6 is 0 Å². The van der Waals surface area contributed by atoms with Crippen LogP contribution in [0.15, 0.2) is 0 Å². The Balaban J connectivity index is 0. The van der Waals surface area contributed by atoms with Gasteiger partial charge in [0.15, 0.2) is 0 Å². The zero-order valence-electron chi connectivity index (χ0n) is 9.62. The largest absolute Gasteiger partial charge is 1.00 e. The van der Waals surface area contributed by atoms with E-state index in [4.69, 9.17) is 8.85 Å². The van der Waals surface area contributed by atoms with Gasteiger partial charge < -0.3 is 18.8 Å². The van der Waals surface area contributed by atoms with Crippen LogP contribution in [0.25, 0.3) is 0 Å². The molecule has 0 heterocycles. The molecule has 14 heavy (non-hydrogen) atoms. The Kier molecular flexibility index (Phi) is 9.53. The van der Waals surface area contributed by atoms with E-state index in [1.54, 1.807) is 6.92 Å². The van der Waals surface area contributed by atoms with Gasteiger partial charge in [-0.3, -0.25) is 0 Å². The molecule has 6 heteroatoms. The summed E-state index contributed by atoms with van der Waals surface area (Å²) in [5.41, 5.74) is 0. The molecular weight excluding hydrogens is 211 g/mol. The number of hydrogen-bond acceptors (Lipinski definition) is 4. The molecule has 4 nitrogen and oxygen atoms in total. The molecule has 0 spiro atoms. The van der Waals surface area contributed by atoms with Gasteiger partial charge in [0.25, 0.3) is 0 Å². The first-order chi connectivity index (χ1) is 6.02. The summed E-state index contributed by atoms with van der Waals surface area (Å²) < 4.78 is 10.1. The van der Waals surface area contributed by atoms with Crippen LogP contribution < -0.4 is 34.7 Å². The van der Waals surface area contributed by atoms with E-state index in [-0.39, 0.29) is 29.6 Å². The van der Waals surface area contributed by atoms with Crippen molar-refractivity contribution in [2.24, 2.45) is 0 Å². The first kappa shape index (κ1) is 17.0. The van der Waals surface area contributed by atoms with Crippen LogP contribution in [0.4, 0.5) is 0 Å². The first-order valence-electron chi connectivity index (χ1n) is 4.30. The Morgan fingerprint density at radius 1 is 1.43 bits per heavy atom. The van der Waals surface area contributed by atoms with E-state index in [9.17, 15) is 9.90 Å². The van der Waals surface area contributed by atoms with Gasteiger partial charge in [0, 0.05) is 25.2 Å². The number of carboxylic acids is 1. The van der Waals surface area contributed by atoms with Crippen molar-refractivity contribution in [3.05, 3.63) is 0 Å². The van der Waals surface area contributed by atoms with Crippen molar-refractivity contribution in [2.45, 2.75) is 31.7 Å². The minimum atomic E-state index is -2.16. The van der Waals surface area contributed by atoms with Crippen molar-refractivity contribution >= 4 is 15.3 Å². The number of aliphatic carboxylic acids is 1. The Morgan fingerprint density at radius 3 is 2.07 bits per heavy atom. The third kappa shape index (κ3) is 4.00. The molecule has 78 valence electrons. The molecule has 0 radical (unpaired) electrons.